The van der Waals surface area contributed by atoms with Crippen LogP contribution in [0.1, 0.15) is 15.9 Å². The van der Waals surface area contributed by atoms with E-state index in [4.69, 9.17) is 4.74 Å². The number of anilines is 1. The van der Waals surface area contributed by atoms with Crippen LogP contribution < -0.4 is 15.0 Å². The molecule has 1 heterocycles. The van der Waals surface area contributed by atoms with E-state index in [0.29, 0.717) is 18.8 Å². The summed E-state index contributed by atoms with van der Waals surface area (Å²) >= 11 is 0. The fourth-order valence-corrected chi connectivity index (χ4v) is 3.34. The lowest BCUT2D eigenvalue weighted by molar-refractivity contribution is -0.132. The molecule has 1 N–H and O–H groups in total. The van der Waals surface area contributed by atoms with Gasteiger partial charge >= 0.3 is 0 Å². The molecule has 1 fully saturated rings. The highest BCUT2D eigenvalue weighted by Crippen LogP contribution is 2.20. The van der Waals surface area contributed by atoms with Crippen molar-refractivity contribution in [1.82, 2.24) is 10.2 Å². The van der Waals surface area contributed by atoms with Crippen molar-refractivity contribution < 1.29 is 19.1 Å². The molecule has 0 aliphatic carbocycles. The maximum Gasteiger partial charge on any atom is 0.292 e. The van der Waals surface area contributed by atoms with Crippen molar-refractivity contribution in [2.75, 3.05) is 44.7 Å². The number of methoxy groups -OCH3 is 1. The zero-order valence-corrected chi connectivity index (χ0v) is 16.7. The minimum Gasteiger partial charge on any atom is -0.497 e. The second-order valence-corrected chi connectivity index (χ2v) is 6.89. The van der Waals surface area contributed by atoms with Gasteiger partial charge in [-0.05, 0) is 42.8 Å². The van der Waals surface area contributed by atoms with Gasteiger partial charge < -0.3 is 19.9 Å². The lowest BCUT2D eigenvalue weighted by Gasteiger charge is -2.36. The molecule has 0 unspecified atom stereocenters. The number of hydrogen-bond donors (Lipinski definition) is 1. The lowest BCUT2D eigenvalue weighted by Crippen LogP contribution is -2.51. The smallest absolute Gasteiger partial charge is 0.292 e. The SMILES string of the molecule is COc1ccc(C(=O)C(=O)NCC(=O)N2CCN(c3ccccc3C)CC2)cc1. The van der Waals surface area contributed by atoms with Gasteiger partial charge in [-0.1, -0.05) is 18.2 Å². The number of benzene rings is 2. The van der Waals surface area contributed by atoms with Gasteiger partial charge in [-0.2, -0.15) is 0 Å². The van der Waals surface area contributed by atoms with Crippen molar-refractivity contribution in [2.24, 2.45) is 0 Å². The summed E-state index contributed by atoms with van der Waals surface area (Å²) < 4.78 is 5.03. The number of hydrogen-bond acceptors (Lipinski definition) is 5. The third-order valence-corrected chi connectivity index (χ3v) is 5.05. The number of carbonyl (C=O) groups is 3. The molecule has 7 heteroatoms. The van der Waals surface area contributed by atoms with Crippen LogP contribution in [0.2, 0.25) is 0 Å². The average molecular weight is 395 g/mol. The standard InChI is InChI=1S/C22H25N3O4/c1-16-5-3-4-6-19(16)24-11-13-25(14-12-24)20(26)15-23-22(28)21(27)17-7-9-18(29-2)10-8-17/h3-10H,11-15H2,1-2H3,(H,23,28). The van der Waals surface area contributed by atoms with Crippen molar-refractivity contribution in [3.8, 4) is 5.75 Å². The predicted octanol–water partition coefficient (Wildman–Crippen LogP) is 1.65. The first-order chi connectivity index (χ1) is 14.0. The summed E-state index contributed by atoms with van der Waals surface area (Å²) in [6.07, 6.45) is 0. The number of Topliss-reactive ketones (excluding diaryl/α,β-unsaturated/α-hetero) is 1. The van der Waals surface area contributed by atoms with Crippen LogP contribution in [0.3, 0.4) is 0 Å². The molecule has 0 radical (unpaired) electrons. The molecular formula is C22H25N3O4. The zero-order chi connectivity index (χ0) is 20.8. The minimum atomic E-state index is -0.790. The highest BCUT2D eigenvalue weighted by atomic mass is 16.5. The topological polar surface area (TPSA) is 78.9 Å². The Morgan fingerprint density at radius 3 is 2.24 bits per heavy atom. The molecule has 0 atom stereocenters. The third-order valence-electron chi connectivity index (χ3n) is 5.05. The fraction of sp³-hybridized carbons (Fsp3) is 0.318. The second-order valence-electron chi connectivity index (χ2n) is 6.89. The highest BCUT2D eigenvalue weighted by molar-refractivity contribution is 6.43. The number of nitrogens with one attached hydrogen (secondary N) is 1. The minimum absolute atomic E-state index is 0.189. The van der Waals surface area contributed by atoms with Crippen LogP contribution in [-0.4, -0.2) is 62.3 Å². The molecule has 2 aromatic carbocycles. The molecule has 1 saturated heterocycles. The summed E-state index contributed by atoms with van der Waals surface area (Å²) in [5.41, 5.74) is 2.64. The number of ketones is 1. The molecule has 2 amide bonds. The Kier molecular flexibility index (Phi) is 6.49. The number of piperazine rings is 1. The Hall–Kier alpha value is -3.35. The van der Waals surface area contributed by atoms with Crippen molar-refractivity contribution in [1.29, 1.82) is 0 Å². The summed E-state index contributed by atoms with van der Waals surface area (Å²) in [6.45, 7) is 4.50. The highest BCUT2D eigenvalue weighted by Gasteiger charge is 2.23. The molecule has 29 heavy (non-hydrogen) atoms. The quantitative estimate of drug-likeness (QED) is 0.594. The first-order valence-electron chi connectivity index (χ1n) is 9.54. The van der Waals surface area contributed by atoms with Gasteiger partial charge in [0.1, 0.15) is 5.75 Å². The van der Waals surface area contributed by atoms with Crippen LogP contribution in [0.25, 0.3) is 0 Å². The Bertz CT molecular complexity index is 887. The molecule has 2 aromatic rings. The van der Waals surface area contributed by atoms with Crippen molar-refractivity contribution >= 4 is 23.3 Å². The van der Waals surface area contributed by atoms with E-state index in [1.54, 1.807) is 17.0 Å². The van der Waals surface area contributed by atoms with E-state index in [1.165, 1.54) is 30.5 Å². The van der Waals surface area contributed by atoms with Crippen LogP contribution in [0.4, 0.5) is 5.69 Å². The number of ether oxygens (including phenoxy) is 1. The van der Waals surface area contributed by atoms with Crippen LogP contribution in [0.15, 0.2) is 48.5 Å². The Morgan fingerprint density at radius 1 is 0.966 bits per heavy atom. The monoisotopic (exact) mass is 395 g/mol. The summed E-state index contributed by atoms with van der Waals surface area (Å²) in [5.74, 6) is -1.06. The molecule has 3 rings (SSSR count). The summed E-state index contributed by atoms with van der Waals surface area (Å²) in [4.78, 5) is 40.7. The third kappa shape index (κ3) is 4.93. The van der Waals surface area contributed by atoms with Gasteiger partial charge in [0.05, 0.1) is 13.7 Å². The first-order valence-corrected chi connectivity index (χ1v) is 9.54. The fourth-order valence-electron chi connectivity index (χ4n) is 3.34. The molecule has 0 spiro atoms. The van der Waals surface area contributed by atoms with Crippen LogP contribution in [0, 0.1) is 6.92 Å². The molecule has 1 aliphatic rings. The number of para-hydroxylation sites is 1. The molecular weight excluding hydrogens is 370 g/mol. The van der Waals surface area contributed by atoms with Crippen molar-refractivity contribution in [3.05, 3.63) is 59.7 Å². The second kappa shape index (κ2) is 9.23. The maximum absolute atomic E-state index is 12.4. The van der Waals surface area contributed by atoms with Crippen LogP contribution >= 0.6 is 0 Å². The van der Waals surface area contributed by atoms with E-state index < -0.39 is 11.7 Å². The first kappa shape index (κ1) is 20.4. The predicted molar refractivity (Wildman–Crippen MR) is 110 cm³/mol. The lowest BCUT2D eigenvalue weighted by atomic mass is 10.1. The van der Waals surface area contributed by atoms with E-state index in [1.807, 2.05) is 12.1 Å². The van der Waals surface area contributed by atoms with E-state index in [9.17, 15) is 14.4 Å². The van der Waals surface area contributed by atoms with Gasteiger partial charge in [0, 0.05) is 37.4 Å². The number of nitrogens with zero attached hydrogens (tertiary/aromatic N) is 2. The molecule has 152 valence electrons. The van der Waals surface area contributed by atoms with Gasteiger partial charge in [-0.3, -0.25) is 14.4 Å². The molecule has 1 aliphatic heterocycles. The molecule has 0 saturated carbocycles. The van der Waals surface area contributed by atoms with Gasteiger partial charge in [0.25, 0.3) is 5.91 Å². The van der Waals surface area contributed by atoms with E-state index in [2.05, 4.69) is 29.3 Å². The molecule has 0 aromatic heterocycles. The molecule has 7 nitrogen and oxygen atoms in total. The summed E-state index contributed by atoms with van der Waals surface area (Å²) in [6, 6.07) is 14.4. The molecule has 0 bridgehead atoms. The number of carbonyl (C=O) groups excluding carboxylic acids is 3. The van der Waals surface area contributed by atoms with Gasteiger partial charge in [0.2, 0.25) is 11.7 Å². The van der Waals surface area contributed by atoms with Crippen LogP contribution in [-0.2, 0) is 9.59 Å². The Labute approximate surface area is 170 Å². The average Bonchev–Trinajstić information content (AvgIpc) is 2.77. The van der Waals surface area contributed by atoms with Gasteiger partial charge in [-0.25, -0.2) is 0 Å². The van der Waals surface area contributed by atoms with E-state index >= 15 is 0 Å². The number of amides is 2. The number of rotatable bonds is 6. The van der Waals surface area contributed by atoms with Gasteiger partial charge in [-0.15, -0.1) is 0 Å². The summed E-state index contributed by atoms with van der Waals surface area (Å²) in [7, 11) is 1.52. The van der Waals surface area contributed by atoms with E-state index in [-0.39, 0.29) is 18.0 Å². The van der Waals surface area contributed by atoms with Crippen molar-refractivity contribution in [2.45, 2.75) is 6.92 Å². The van der Waals surface area contributed by atoms with Gasteiger partial charge in [0.15, 0.2) is 0 Å². The Morgan fingerprint density at radius 2 is 1.62 bits per heavy atom. The largest absolute Gasteiger partial charge is 0.497 e. The normalized spacial score (nSPS) is 13.7. The van der Waals surface area contributed by atoms with E-state index in [0.717, 1.165) is 13.1 Å². The summed E-state index contributed by atoms with van der Waals surface area (Å²) in [5, 5.41) is 2.43. The van der Waals surface area contributed by atoms with Crippen LogP contribution in [0.5, 0.6) is 5.75 Å². The zero-order valence-electron chi connectivity index (χ0n) is 16.7. The Balaban J connectivity index is 1.47. The van der Waals surface area contributed by atoms with Crippen molar-refractivity contribution in [3.63, 3.8) is 0 Å². The maximum atomic E-state index is 12.4. The number of aryl methyl sites for hydroxylation is 1.